The van der Waals surface area contributed by atoms with Crippen molar-refractivity contribution in [2.24, 2.45) is 5.10 Å². The van der Waals surface area contributed by atoms with Gasteiger partial charge in [0.2, 0.25) is 0 Å². The lowest BCUT2D eigenvalue weighted by Gasteiger charge is -2.25. The number of hydrogen-bond donors (Lipinski definition) is 2. The summed E-state index contributed by atoms with van der Waals surface area (Å²) in [6.07, 6.45) is 4.26. The SMILES string of the molecule is O=C(N/N=C/c1ccccc1O)C(=O)N1CCCCC1. The zero-order valence-corrected chi connectivity index (χ0v) is 11.1. The summed E-state index contributed by atoms with van der Waals surface area (Å²) >= 11 is 0. The summed E-state index contributed by atoms with van der Waals surface area (Å²) in [6, 6.07) is 6.59. The van der Waals surface area contributed by atoms with Crippen LogP contribution in [0.5, 0.6) is 5.75 Å². The van der Waals surface area contributed by atoms with Crippen molar-refractivity contribution in [2.45, 2.75) is 19.3 Å². The molecule has 1 saturated heterocycles. The van der Waals surface area contributed by atoms with E-state index in [0.29, 0.717) is 18.7 Å². The largest absolute Gasteiger partial charge is 0.507 e. The minimum absolute atomic E-state index is 0.0628. The molecule has 0 atom stereocenters. The molecule has 0 aromatic heterocycles. The number of carbonyl (C=O) groups excluding carboxylic acids is 2. The number of benzene rings is 1. The van der Waals surface area contributed by atoms with E-state index in [2.05, 4.69) is 10.5 Å². The molecule has 0 spiro atoms. The summed E-state index contributed by atoms with van der Waals surface area (Å²) in [7, 11) is 0. The Morgan fingerprint density at radius 3 is 2.60 bits per heavy atom. The molecule has 1 heterocycles. The molecule has 1 aromatic rings. The lowest BCUT2D eigenvalue weighted by molar-refractivity contribution is -0.146. The van der Waals surface area contributed by atoms with Gasteiger partial charge >= 0.3 is 11.8 Å². The van der Waals surface area contributed by atoms with Crippen LogP contribution in [0.2, 0.25) is 0 Å². The molecule has 1 fully saturated rings. The van der Waals surface area contributed by atoms with E-state index in [1.54, 1.807) is 18.2 Å². The van der Waals surface area contributed by atoms with Crippen molar-refractivity contribution in [3.8, 4) is 5.75 Å². The highest BCUT2D eigenvalue weighted by atomic mass is 16.3. The van der Waals surface area contributed by atoms with E-state index in [9.17, 15) is 14.7 Å². The van der Waals surface area contributed by atoms with Gasteiger partial charge in [-0.15, -0.1) is 0 Å². The van der Waals surface area contributed by atoms with Gasteiger partial charge in [0.05, 0.1) is 6.21 Å². The average Bonchev–Trinajstić information content (AvgIpc) is 2.49. The van der Waals surface area contributed by atoms with Gasteiger partial charge in [-0.05, 0) is 31.4 Å². The third-order valence-electron chi connectivity index (χ3n) is 3.14. The molecule has 0 radical (unpaired) electrons. The second kappa shape index (κ2) is 6.70. The average molecular weight is 275 g/mol. The fourth-order valence-corrected chi connectivity index (χ4v) is 2.05. The number of hydrogen-bond acceptors (Lipinski definition) is 4. The number of piperidine rings is 1. The molecule has 0 aliphatic carbocycles. The lowest BCUT2D eigenvalue weighted by Crippen LogP contribution is -2.43. The Morgan fingerprint density at radius 2 is 1.90 bits per heavy atom. The number of amides is 2. The van der Waals surface area contributed by atoms with Gasteiger partial charge in [-0.1, -0.05) is 12.1 Å². The fourth-order valence-electron chi connectivity index (χ4n) is 2.05. The van der Waals surface area contributed by atoms with Gasteiger partial charge in [0.25, 0.3) is 0 Å². The molecule has 6 nitrogen and oxygen atoms in total. The van der Waals surface area contributed by atoms with Gasteiger partial charge in [0, 0.05) is 18.7 Å². The summed E-state index contributed by atoms with van der Waals surface area (Å²) in [5.74, 6) is -1.24. The van der Waals surface area contributed by atoms with Crippen LogP contribution in [0.25, 0.3) is 0 Å². The number of carbonyl (C=O) groups is 2. The van der Waals surface area contributed by atoms with Crippen LogP contribution in [-0.4, -0.2) is 41.1 Å². The third-order valence-corrected chi connectivity index (χ3v) is 3.14. The second-order valence-corrected chi connectivity index (χ2v) is 4.61. The van der Waals surface area contributed by atoms with Crippen LogP contribution in [0.3, 0.4) is 0 Å². The first-order valence-corrected chi connectivity index (χ1v) is 6.59. The monoisotopic (exact) mass is 275 g/mol. The number of nitrogens with zero attached hydrogens (tertiary/aromatic N) is 2. The number of para-hydroxylation sites is 1. The Labute approximate surface area is 117 Å². The van der Waals surface area contributed by atoms with Crippen LogP contribution in [0, 0.1) is 0 Å². The molecule has 0 saturated carbocycles. The maximum atomic E-state index is 11.8. The van der Waals surface area contributed by atoms with Gasteiger partial charge in [-0.25, -0.2) is 5.43 Å². The number of phenols is 1. The zero-order valence-electron chi connectivity index (χ0n) is 11.1. The van der Waals surface area contributed by atoms with Crippen LogP contribution >= 0.6 is 0 Å². The summed E-state index contributed by atoms with van der Waals surface area (Å²) in [4.78, 5) is 25.0. The minimum atomic E-state index is -0.751. The van der Waals surface area contributed by atoms with E-state index in [4.69, 9.17) is 0 Å². The van der Waals surface area contributed by atoms with E-state index in [1.165, 1.54) is 17.2 Å². The van der Waals surface area contributed by atoms with Crippen molar-refractivity contribution in [3.63, 3.8) is 0 Å². The van der Waals surface area contributed by atoms with Crippen LogP contribution < -0.4 is 5.43 Å². The van der Waals surface area contributed by atoms with Crippen LogP contribution in [0.15, 0.2) is 29.4 Å². The van der Waals surface area contributed by atoms with Crippen molar-refractivity contribution >= 4 is 18.0 Å². The highest BCUT2D eigenvalue weighted by Gasteiger charge is 2.22. The Kier molecular flexibility index (Phi) is 4.70. The van der Waals surface area contributed by atoms with Crippen LogP contribution in [0.4, 0.5) is 0 Å². The highest BCUT2D eigenvalue weighted by Crippen LogP contribution is 2.12. The first-order valence-electron chi connectivity index (χ1n) is 6.59. The van der Waals surface area contributed by atoms with E-state index in [0.717, 1.165) is 19.3 Å². The second-order valence-electron chi connectivity index (χ2n) is 4.61. The highest BCUT2D eigenvalue weighted by molar-refractivity contribution is 6.35. The van der Waals surface area contributed by atoms with Crippen molar-refractivity contribution in [1.82, 2.24) is 10.3 Å². The predicted molar refractivity (Wildman–Crippen MR) is 74.3 cm³/mol. The van der Waals surface area contributed by atoms with E-state index in [-0.39, 0.29) is 5.75 Å². The standard InChI is InChI=1S/C14H17N3O3/c18-12-7-3-2-6-11(12)10-15-16-13(19)14(20)17-8-4-1-5-9-17/h2-3,6-7,10,18H,1,4-5,8-9H2,(H,16,19)/b15-10+. The maximum absolute atomic E-state index is 11.8. The number of hydrazone groups is 1. The molecule has 2 N–H and O–H groups in total. The van der Waals surface area contributed by atoms with E-state index >= 15 is 0 Å². The van der Waals surface area contributed by atoms with Crippen LogP contribution in [-0.2, 0) is 9.59 Å². The third kappa shape index (κ3) is 3.57. The summed E-state index contributed by atoms with van der Waals surface area (Å²) in [6.45, 7) is 1.24. The summed E-state index contributed by atoms with van der Waals surface area (Å²) in [5.41, 5.74) is 2.65. The van der Waals surface area contributed by atoms with Crippen molar-refractivity contribution in [3.05, 3.63) is 29.8 Å². The summed E-state index contributed by atoms with van der Waals surface area (Å²) in [5, 5.41) is 13.2. The quantitative estimate of drug-likeness (QED) is 0.477. The lowest BCUT2D eigenvalue weighted by atomic mass is 10.1. The molecular formula is C14H17N3O3. The van der Waals surface area contributed by atoms with Gasteiger partial charge in [0.15, 0.2) is 0 Å². The van der Waals surface area contributed by atoms with E-state index < -0.39 is 11.8 Å². The Bertz CT molecular complexity index is 522. The molecule has 1 aliphatic heterocycles. The number of phenolic OH excluding ortho intramolecular Hbond substituents is 1. The number of aromatic hydroxyl groups is 1. The molecule has 106 valence electrons. The molecule has 0 unspecified atom stereocenters. The van der Waals surface area contributed by atoms with Crippen LogP contribution in [0.1, 0.15) is 24.8 Å². The van der Waals surface area contributed by atoms with Gasteiger partial charge in [-0.2, -0.15) is 5.10 Å². The summed E-state index contributed by atoms with van der Waals surface area (Å²) < 4.78 is 0. The van der Waals surface area contributed by atoms with Gasteiger partial charge < -0.3 is 10.0 Å². The maximum Gasteiger partial charge on any atom is 0.329 e. The van der Waals surface area contributed by atoms with E-state index in [1.807, 2.05) is 0 Å². The van der Waals surface area contributed by atoms with Gasteiger partial charge in [-0.3, -0.25) is 9.59 Å². The van der Waals surface area contributed by atoms with Crippen molar-refractivity contribution in [2.75, 3.05) is 13.1 Å². The number of nitrogens with one attached hydrogen (secondary N) is 1. The fraction of sp³-hybridized carbons (Fsp3) is 0.357. The molecule has 20 heavy (non-hydrogen) atoms. The van der Waals surface area contributed by atoms with Crippen molar-refractivity contribution in [1.29, 1.82) is 0 Å². The van der Waals surface area contributed by atoms with Crippen molar-refractivity contribution < 1.29 is 14.7 Å². The number of rotatable bonds is 2. The number of likely N-dealkylation sites (tertiary alicyclic amines) is 1. The molecule has 1 aliphatic rings. The topological polar surface area (TPSA) is 82.0 Å². The first-order chi connectivity index (χ1) is 9.68. The molecule has 2 rings (SSSR count). The normalized spacial score (nSPS) is 15.3. The Balaban J connectivity index is 1.88. The molecule has 0 bridgehead atoms. The first kappa shape index (κ1) is 14.0. The smallest absolute Gasteiger partial charge is 0.329 e. The minimum Gasteiger partial charge on any atom is -0.507 e. The molecule has 1 aromatic carbocycles. The zero-order chi connectivity index (χ0) is 14.4. The molecular weight excluding hydrogens is 258 g/mol. The van der Waals surface area contributed by atoms with Gasteiger partial charge in [0.1, 0.15) is 5.75 Å². The Morgan fingerprint density at radius 1 is 1.20 bits per heavy atom. The predicted octanol–water partition coefficient (Wildman–Crippen LogP) is 0.855. The molecule has 6 heteroatoms. The Hall–Kier alpha value is -2.37. The molecule has 2 amide bonds.